The van der Waals surface area contributed by atoms with E-state index in [2.05, 4.69) is 26.3 Å². The molecule has 0 saturated heterocycles. The number of carbonyl (C=O) groups excluding carboxylic acids is 1. The number of urea groups is 1. The number of nitrogens with two attached hydrogens (primary N) is 1. The molecule has 2 heterocycles. The monoisotopic (exact) mass is 490 g/mol. The first-order valence-electron chi connectivity index (χ1n) is 13.6. The van der Waals surface area contributed by atoms with E-state index in [1.165, 1.54) is 38.5 Å². The Balaban J connectivity index is 1.09. The van der Waals surface area contributed by atoms with Crippen LogP contribution in [0.1, 0.15) is 57.2 Å². The number of para-hydroxylation sites is 1. The van der Waals surface area contributed by atoms with Gasteiger partial charge in [0.05, 0.1) is 17.6 Å². The van der Waals surface area contributed by atoms with Gasteiger partial charge in [-0.25, -0.2) is 14.8 Å². The molecule has 0 aliphatic heterocycles. The minimum atomic E-state index is 0.00987. The van der Waals surface area contributed by atoms with Gasteiger partial charge < -0.3 is 25.7 Å². The summed E-state index contributed by atoms with van der Waals surface area (Å²) in [5.41, 5.74) is 9.02. The van der Waals surface area contributed by atoms with Crippen LogP contribution < -0.4 is 16.4 Å². The van der Waals surface area contributed by atoms with Gasteiger partial charge in [-0.15, -0.1) is 0 Å². The molecule has 4 N–H and O–H groups in total. The van der Waals surface area contributed by atoms with E-state index in [1.54, 1.807) is 7.11 Å². The number of aromatic nitrogens is 3. The number of benzene rings is 1. The Morgan fingerprint density at radius 1 is 1.11 bits per heavy atom. The van der Waals surface area contributed by atoms with Gasteiger partial charge in [-0.05, 0) is 75.2 Å². The fourth-order valence-corrected chi connectivity index (χ4v) is 7.68. The van der Waals surface area contributed by atoms with Crippen LogP contribution in [0.25, 0.3) is 21.9 Å². The van der Waals surface area contributed by atoms with E-state index in [9.17, 15) is 4.79 Å². The number of nitrogens with one attached hydrogen (secondary N) is 2. The number of nitrogens with zero attached hydrogens (tertiary/aromatic N) is 3. The van der Waals surface area contributed by atoms with Crippen molar-refractivity contribution in [3.05, 3.63) is 30.1 Å². The van der Waals surface area contributed by atoms with Gasteiger partial charge in [-0.3, -0.25) is 0 Å². The summed E-state index contributed by atoms with van der Waals surface area (Å²) in [4.78, 5) is 22.2. The maximum Gasteiger partial charge on any atom is 0.315 e. The lowest BCUT2D eigenvalue weighted by molar-refractivity contribution is -0.0135. The number of nitrogen functional groups attached to an aromatic ring is 1. The van der Waals surface area contributed by atoms with Gasteiger partial charge in [0.2, 0.25) is 0 Å². The zero-order valence-corrected chi connectivity index (χ0v) is 21.3. The molecule has 4 saturated carbocycles. The number of methoxy groups -OCH3 is 1. The number of imidazole rings is 1. The van der Waals surface area contributed by atoms with Crippen molar-refractivity contribution in [3.8, 4) is 0 Å². The minimum Gasteiger partial charge on any atom is -0.384 e. The number of rotatable bonds is 9. The van der Waals surface area contributed by atoms with Crippen molar-refractivity contribution in [2.24, 2.45) is 17.8 Å². The summed E-state index contributed by atoms with van der Waals surface area (Å²) in [5.74, 6) is 3.91. The second-order valence-electron chi connectivity index (χ2n) is 11.4. The molecule has 36 heavy (non-hydrogen) atoms. The standard InChI is InChI=1S/C28H38N6O2/c1-36-11-8-23-32-24-25(21-6-2-3-7-22(21)31-26(24)29)34(23)10-5-4-9-30-27(35)33-28-15-18-12-19(16-28)14-20(13-18)17-28/h2-3,6-7,18-20H,4-5,8-17H2,1H3,(H2,29,31)(H2,30,33,35). The minimum absolute atomic E-state index is 0.00987. The van der Waals surface area contributed by atoms with E-state index in [0.717, 1.165) is 64.9 Å². The summed E-state index contributed by atoms with van der Waals surface area (Å²) in [6.45, 7) is 2.07. The number of fused-ring (bicyclic) bond motifs is 3. The molecule has 2 aromatic heterocycles. The predicted octanol–water partition coefficient (Wildman–Crippen LogP) is 4.40. The summed E-state index contributed by atoms with van der Waals surface area (Å²) in [7, 11) is 1.71. The van der Waals surface area contributed by atoms with E-state index in [1.807, 2.05) is 18.2 Å². The highest BCUT2D eigenvalue weighted by atomic mass is 16.5. The average Bonchev–Trinajstić information content (AvgIpc) is 3.20. The number of unbranched alkanes of at least 4 members (excludes halogenated alkanes) is 1. The number of carbonyl (C=O) groups is 1. The molecular formula is C28H38N6O2. The Hall–Kier alpha value is -2.87. The van der Waals surface area contributed by atoms with Crippen molar-refractivity contribution < 1.29 is 9.53 Å². The van der Waals surface area contributed by atoms with Crippen LogP contribution in [0.15, 0.2) is 24.3 Å². The fourth-order valence-electron chi connectivity index (χ4n) is 7.68. The molecule has 2 amide bonds. The zero-order chi connectivity index (χ0) is 24.7. The first-order valence-corrected chi connectivity index (χ1v) is 13.6. The van der Waals surface area contributed by atoms with Crippen LogP contribution in [0.5, 0.6) is 0 Å². The Bertz CT molecular complexity index is 1230. The van der Waals surface area contributed by atoms with Crippen LogP contribution >= 0.6 is 0 Å². The fraction of sp³-hybridized carbons (Fsp3) is 0.607. The highest BCUT2D eigenvalue weighted by Crippen LogP contribution is 2.55. The van der Waals surface area contributed by atoms with Gasteiger partial charge in [0.1, 0.15) is 11.3 Å². The average molecular weight is 491 g/mol. The SMILES string of the molecule is COCCc1nc2c(N)nc3ccccc3c2n1CCCCNC(=O)NC12CC3CC(CC(C3)C1)C2. The van der Waals surface area contributed by atoms with Crippen molar-refractivity contribution in [2.45, 2.75) is 69.9 Å². The van der Waals surface area contributed by atoms with E-state index in [-0.39, 0.29) is 11.6 Å². The van der Waals surface area contributed by atoms with E-state index in [4.69, 9.17) is 15.5 Å². The third kappa shape index (κ3) is 4.40. The number of pyridine rings is 1. The smallest absolute Gasteiger partial charge is 0.315 e. The van der Waals surface area contributed by atoms with Crippen molar-refractivity contribution in [1.29, 1.82) is 0 Å². The molecule has 8 nitrogen and oxygen atoms in total. The lowest BCUT2D eigenvalue weighted by Crippen LogP contribution is -2.61. The van der Waals surface area contributed by atoms with Gasteiger partial charge in [0, 0.05) is 37.5 Å². The molecule has 7 rings (SSSR count). The summed E-state index contributed by atoms with van der Waals surface area (Å²) >= 11 is 0. The first kappa shape index (κ1) is 23.5. The molecule has 4 bridgehead atoms. The Morgan fingerprint density at radius 2 is 1.83 bits per heavy atom. The summed E-state index contributed by atoms with van der Waals surface area (Å²) in [6.07, 6.45) is 10.2. The Morgan fingerprint density at radius 3 is 2.56 bits per heavy atom. The Kier molecular flexibility index (Phi) is 6.23. The topological polar surface area (TPSA) is 107 Å². The summed E-state index contributed by atoms with van der Waals surface area (Å²) in [6, 6.07) is 8.09. The lowest BCUT2D eigenvalue weighted by Gasteiger charge is -2.56. The number of hydrogen-bond acceptors (Lipinski definition) is 5. The van der Waals surface area contributed by atoms with E-state index in [0.29, 0.717) is 25.4 Å². The molecule has 1 aromatic carbocycles. The molecule has 192 valence electrons. The third-order valence-electron chi connectivity index (χ3n) is 8.73. The van der Waals surface area contributed by atoms with Gasteiger partial charge in [-0.2, -0.15) is 0 Å². The predicted molar refractivity (Wildman–Crippen MR) is 142 cm³/mol. The van der Waals surface area contributed by atoms with Gasteiger partial charge in [0.25, 0.3) is 0 Å². The first-order chi connectivity index (χ1) is 17.5. The van der Waals surface area contributed by atoms with Crippen molar-refractivity contribution in [2.75, 3.05) is 26.0 Å². The van der Waals surface area contributed by atoms with Crippen LogP contribution in [0.4, 0.5) is 10.6 Å². The largest absolute Gasteiger partial charge is 0.384 e. The molecule has 3 aromatic rings. The van der Waals surface area contributed by atoms with Crippen molar-refractivity contribution in [1.82, 2.24) is 25.2 Å². The number of hydrogen-bond donors (Lipinski definition) is 3. The lowest BCUT2D eigenvalue weighted by atomic mass is 9.53. The normalized spacial score (nSPS) is 26.6. The van der Waals surface area contributed by atoms with Gasteiger partial charge in [-0.1, -0.05) is 18.2 Å². The third-order valence-corrected chi connectivity index (χ3v) is 8.73. The van der Waals surface area contributed by atoms with Crippen molar-refractivity contribution in [3.63, 3.8) is 0 Å². The van der Waals surface area contributed by atoms with Gasteiger partial charge >= 0.3 is 6.03 Å². The molecule has 4 fully saturated rings. The number of anilines is 1. The molecule has 0 atom stereocenters. The Labute approximate surface area is 212 Å². The maximum atomic E-state index is 12.8. The maximum absolute atomic E-state index is 12.8. The highest BCUT2D eigenvalue weighted by Gasteiger charge is 2.51. The van der Waals surface area contributed by atoms with E-state index >= 15 is 0 Å². The summed E-state index contributed by atoms with van der Waals surface area (Å²) in [5, 5.41) is 7.61. The highest BCUT2D eigenvalue weighted by molar-refractivity contribution is 6.06. The number of aryl methyl sites for hydroxylation is 1. The van der Waals surface area contributed by atoms with E-state index < -0.39 is 0 Å². The molecule has 0 unspecified atom stereocenters. The second-order valence-corrected chi connectivity index (χ2v) is 11.4. The zero-order valence-electron chi connectivity index (χ0n) is 21.3. The molecule has 8 heteroatoms. The van der Waals surface area contributed by atoms with Crippen LogP contribution in [-0.4, -0.2) is 46.4 Å². The molecular weight excluding hydrogens is 452 g/mol. The van der Waals surface area contributed by atoms with Crippen LogP contribution in [0.3, 0.4) is 0 Å². The van der Waals surface area contributed by atoms with Gasteiger partial charge in [0.15, 0.2) is 5.82 Å². The number of amides is 2. The summed E-state index contributed by atoms with van der Waals surface area (Å²) < 4.78 is 7.60. The molecule has 0 radical (unpaired) electrons. The second kappa shape index (κ2) is 9.54. The van der Waals surface area contributed by atoms with Crippen molar-refractivity contribution >= 4 is 33.8 Å². The quantitative estimate of drug-likeness (QED) is 0.385. The number of ether oxygens (including phenoxy) is 1. The van der Waals surface area contributed by atoms with Crippen LogP contribution in [0.2, 0.25) is 0 Å². The molecule has 0 spiro atoms. The molecule has 4 aliphatic rings. The van der Waals surface area contributed by atoms with Crippen LogP contribution in [-0.2, 0) is 17.7 Å². The van der Waals surface area contributed by atoms with Crippen LogP contribution in [0, 0.1) is 17.8 Å². The molecule has 4 aliphatic carbocycles.